The first-order valence-electron chi connectivity index (χ1n) is 7.61. The van der Waals surface area contributed by atoms with Crippen molar-refractivity contribution in [3.63, 3.8) is 0 Å². The molecule has 2 atom stereocenters. The number of ether oxygens (including phenoxy) is 1. The Hall–Kier alpha value is -1.65. The molecule has 4 rings (SSSR count). The van der Waals surface area contributed by atoms with E-state index >= 15 is 4.39 Å². The Kier molecular flexibility index (Phi) is 3.51. The van der Waals surface area contributed by atoms with Crippen molar-refractivity contribution < 1.29 is 13.5 Å². The van der Waals surface area contributed by atoms with Crippen LogP contribution in [0.4, 0.5) is 4.39 Å². The molecule has 2 aromatic heterocycles. The van der Waals surface area contributed by atoms with Crippen LogP contribution in [0.2, 0.25) is 0 Å². The van der Waals surface area contributed by atoms with E-state index in [1.165, 1.54) is 0 Å². The Bertz CT molecular complexity index is 723. The lowest BCUT2D eigenvalue weighted by molar-refractivity contribution is -0.181. The Morgan fingerprint density at radius 3 is 2.77 bits per heavy atom. The van der Waals surface area contributed by atoms with Gasteiger partial charge in [-0.05, 0) is 36.4 Å². The Labute approximate surface area is 132 Å². The van der Waals surface area contributed by atoms with Crippen molar-refractivity contribution in [3.05, 3.63) is 58.5 Å². The number of halogens is 1. The highest BCUT2D eigenvalue weighted by Gasteiger charge is 2.45. The van der Waals surface area contributed by atoms with Crippen LogP contribution in [-0.4, -0.2) is 12.5 Å². The molecule has 0 radical (unpaired) electrons. The van der Waals surface area contributed by atoms with Crippen LogP contribution < -0.4 is 0 Å². The molecule has 2 unspecified atom stereocenters. The van der Waals surface area contributed by atoms with Crippen molar-refractivity contribution in [1.82, 2.24) is 0 Å². The van der Waals surface area contributed by atoms with E-state index in [0.717, 1.165) is 28.7 Å². The van der Waals surface area contributed by atoms with E-state index in [-0.39, 0.29) is 0 Å². The van der Waals surface area contributed by atoms with E-state index in [1.807, 2.05) is 47.8 Å². The fourth-order valence-corrected chi connectivity index (χ4v) is 4.07. The summed E-state index contributed by atoms with van der Waals surface area (Å²) >= 11 is 1.55. The summed E-state index contributed by atoms with van der Waals surface area (Å²) in [5.41, 5.74) is 0.790. The van der Waals surface area contributed by atoms with Gasteiger partial charge < -0.3 is 9.15 Å². The summed E-state index contributed by atoms with van der Waals surface area (Å²) in [7, 11) is 0. The molecule has 4 heteroatoms. The number of thiophene rings is 1. The quantitative estimate of drug-likeness (QED) is 0.637. The number of furan rings is 1. The van der Waals surface area contributed by atoms with Gasteiger partial charge in [0.05, 0.1) is 6.61 Å². The van der Waals surface area contributed by atoms with Gasteiger partial charge in [0.25, 0.3) is 0 Å². The first kappa shape index (κ1) is 14.0. The molecule has 0 saturated carbocycles. The highest BCUT2D eigenvalue weighted by Crippen LogP contribution is 2.46. The van der Waals surface area contributed by atoms with Crippen molar-refractivity contribution in [2.45, 2.75) is 31.0 Å². The molecule has 1 fully saturated rings. The normalized spacial score (nSPS) is 23.7. The first-order valence-corrected chi connectivity index (χ1v) is 8.49. The second kappa shape index (κ2) is 5.52. The van der Waals surface area contributed by atoms with Crippen LogP contribution in [0.5, 0.6) is 0 Å². The number of rotatable bonds is 3. The molecule has 2 nitrogen and oxygen atoms in total. The van der Waals surface area contributed by atoms with Gasteiger partial charge in [-0.2, -0.15) is 0 Å². The van der Waals surface area contributed by atoms with Crippen LogP contribution in [0.15, 0.2) is 52.3 Å². The van der Waals surface area contributed by atoms with Crippen LogP contribution in [-0.2, 0) is 4.74 Å². The maximum Gasteiger partial charge on any atom is 0.224 e. The molecular weight excluding hydrogens is 299 g/mol. The summed E-state index contributed by atoms with van der Waals surface area (Å²) in [4.78, 5) is 0.948. The highest BCUT2D eigenvalue weighted by molar-refractivity contribution is 7.10. The summed E-state index contributed by atoms with van der Waals surface area (Å²) in [6, 6.07) is 13.6. The van der Waals surface area contributed by atoms with E-state index in [4.69, 9.17) is 9.15 Å². The zero-order valence-electron chi connectivity index (χ0n) is 12.1. The Balaban J connectivity index is 1.83. The molecule has 1 saturated heterocycles. The summed E-state index contributed by atoms with van der Waals surface area (Å²) < 4.78 is 27.1. The van der Waals surface area contributed by atoms with Gasteiger partial charge in [0.1, 0.15) is 17.3 Å². The molecule has 0 spiro atoms. The van der Waals surface area contributed by atoms with Crippen molar-refractivity contribution >= 4 is 22.3 Å². The highest BCUT2D eigenvalue weighted by atomic mass is 32.1. The largest absolute Gasteiger partial charge is 0.460 e. The minimum Gasteiger partial charge on any atom is -0.460 e. The van der Waals surface area contributed by atoms with Gasteiger partial charge in [-0.15, -0.1) is 11.3 Å². The predicted molar refractivity (Wildman–Crippen MR) is 86.0 cm³/mol. The molecule has 0 amide bonds. The average Bonchev–Trinajstić information content (AvgIpc) is 3.17. The fraction of sp³-hybridized carbons (Fsp3) is 0.333. The SMILES string of the molecule is FC1(C(c2cc3ccccc3o2)c2cccs2)CCCCO1. The van der Waals surface area contributed by atoms with E-state index in [0.29, 0.717) is 18.8 Å². The minimum absolute atomic E-state index is 0.409. The molecule has 1 aromatic carbocycles. The van der Waals surface area contributed by atoms with Crippen LogP contribution in [0.3, 0.4) is 0 Å². The van der Waals surface area contributed by atoms with Crippen molar-refractivity contribution in [2.24, 2.45) is 0 Å². The van der Waals surface area contributed by atoms with Crippen LogP contribution >= 0.6 is 11.3 Å². The maximum atomic E-state index is 15.5. The molecular formula is C18H17FO2S. The third-order valence-corrected chi connectivity index (χ3v) is 5.18. The van der Waals surface area contributed by atoms with E-state index in [1.54, 1.807) is 11.3 Å². The molecule has 0 aliphatic carbocycles. The third kappa shape index (κ3) is 2.36. The number of hydrogen-bond donors (Lipinski definition) is 0. The van der Waals surface area contributed by atoms with Gasteiger partial charge >= 0.3 is 0 Å². The molecule has 114 valence electrons. The number of fused-ring (bicyclic) bond motifs is 1. The van der Waals surface area contributed by atoms with Gasteiger partial charge in [0.2, 0.25) is 5.85 Å². The topological polar surface area (TPSA) is 22.4 Å². The first-order chi connectivity index (χ1) is 10.8. The number of benzene rings is 1. The monoisotopic (exact) mass is 316 g/mol. The van der Waals surface area contributed by atoms with Crippen LogP contribution in [0.25, 0.3) is 11.0 Å². The average molecular weight is 316 g/mol. The van der Waals surface area contributed by atoms with Crippen LogP contribution in [0.1, 0.15) is 35.8 Å². The van der Waals surface area contributed by atoms with Crippen molar-refractivity contribution in [2.75, 3.05) is 6.61 Å². The fourth-order valence-electron chi connectivity index (χ4n) is 3.18. The van der Waals surface area contributed by atoms with Crippen molar-refractivity contribution in [1.29, 1.82) is 0 Å². The van der Waals surface area contributed by atoms with Gasteiger partial charge in [-0.3, -0.25) is 0 Å². The van der Waals surface area contributed by atoms with Gasteiger partial charge in [-0.1, -0.05) is 24.3 Å². The number of hydrogen-bond acceptors (Lipinski definition) is 3. The molecule has 3 aromatic rings. The number of para-hydroxylation sites is 1. The summed E-state index contributed by atoms with van der Waals surface area (Å²) in [5.74, 6) is -1.54. The second-order valence-corrected chi connectivity index (χ2v) is 6.71. The van der Waals surface area contributed by atoms with Gasteiger partial charge in [0, 0.05) is 16.7 Å². The molecule has 22 heavy (non-hydrogen) atoms. The van der Waals surface area contributed by atoms with E-state index in [9.17, 15) is 0 Å². The summed E-state index contributed by atoms with van der Waals surface area (Å²) in [5, 5.41) is 2.97. The van der Waals surface area contributed by atoms with E-state index < -0.39 is 11.8 Å². The lowest BCUT2D eigenvalue weighted by Crippen LogP contribution is -2.38. The Morgan fingerprint density at radius 2 is 2.05 bits per heavy atom. The smallest absolute Gasteiger partial charge is 0.224 e. The standard InChI is InChI=1S/C18H17FO2S/c19-18(9-3-4-10-20-18)17(16-8-5-11-22-16)15-12-13-6-1-2-7-14(13)21-15/h1-2,5-8,11-12,17H,3-4,9-10H2. The molecule has 0 bridgehead atoms. The minimum atomic E-state index is -1.68. The lowest BCUT2D eigenvalue weighted by atomic mass is 9.89. The van der Waals surface area contributed by atoms with Crippen molar-refractivity contribution in [3.8, 4) is 0 Å². The molecule has 3 heterocycles. The van der Waals surface area contributed by atoms with Gasteiger partial charge in [0.15, 0.2) is 0 Å². The van der Waals surface area contributed by atoms with Crippen LogP contribution in [0, 0.1) is 0 Å². The van der Waals surface area contributed by atoms with E-state index in [2.05, 4.69) is 0 Å². The maximum absolute atomic E-state index is 15.5. The Morgan fingerprint density at radius 1 is 1.14 bits per heavy atom. The molecule has 1 aliphatic rings. The lowest BCUT2D eigenvalue weighted by Gasteiger charge is -2.35. The zero-order valence-corrected chi connectivity index (χ0v) is 12.9. The summed E-state index contributed by atoms with van der Waals surface area (Å²) in [6.45, 7) is 0.471. The van der Waals surface area contributed by atoms with Gasteiger partial charge in [-0.25, -0.2) is 4.39 Å². The second-order valence-electron chi connectivity index (χ2n) is 5.73. The third-order valence-electron chi connectivity index (χ3n) is 4.24. The predicted octanol–water partition coefficient (Wildman–Crippen LogP) is 5.49. The zero-order chi connectivity index (χ0) is 15.0. The summed E-state index contributed by atoms with van der Waals surface area (Å²) in [6.07, 6.45) is 2.17. The molecule has 1 aliphatic heterocycles. The number of alkyl halides is 1. The molecule has 0 N–H and O–H groups in total.